The molecule has 36 heavy (non-hydrogen) atoms. The molecule has 3 aromatic rings. The van der Waals surface area contributed by atoms with Crippen LogP contribution >= 0.6 is 11.3 Å². The van der Waals surface area contributed by atoms with Gasteiger partial charge in [0.15, 0.2) is 5.76 Å². The molecule has 2 aromatic carbocycles. The zero-order valence-electron chi connectivity index (χ0n) is 21.6. The number of amides is 1. The molecular weight excluding hydrogens is 472 g/mol. The lowest BCUT2D eigenvalue weighted by Gasteiger charge is -2.28. The predicted molar refractivity (Wildman–Crippen MR) is 143 cm³/mol. The Bertz CT molecular complexity index is 1330. The van der Waals surface area contributed by atoms with Crippen LogP contribution in [0.3, 0.4) is 0 Å². The minimum absolute atomic E-state index is 0.0530. The number of thiazole rings is 1. The van der Waals surface area contributed by atoms with Gasteiger partial charge in [-0.05, 0) is 48.9 Å². The fraction of sp³-hybridized carbons (Fsp3) is 0.345. The molecule has 0 fully saturated rings. The van der Waals surface area contributed by atoms with Gasteiger partial charge < -0.3 is 9.84 Å². The number of aryl methyl sites for hydroxylation is 2. The summed E-state index contributed by atoms with van der Waals surface area (Å²) in [4.78, 5) is 33.6. The molecule has 1 amide bonds. The van der Waals surface area contributed by atoms with Gasteiger partial charge in [0, 0.05) is 11.8 Å². The van der Waals surface area contributed by atoms with Crippen LogP contribution in [0.15, 0.2) is 59.9 Å². The largest absolute Gasteiger partial charge is 0.503 e. The minimum Gasteiger partial charge on any atom is -0.503 e. The summed E-state index contributed by atoms with van der Waals surface area (Å²) in [6.45, 7) is 12.6. The summed E-state index contributed by atoms with van der Waals surface area (Å²) in [6, 6.07) is 14.3. The smallest absolute Gasteiger partial charge is 0.294 e. The number of nitrogens with zero attached hydrogens (tertiary/aromatic N) is 2. The van der Waals surface area contributed by atoms with Crippen molar-refractivity contribution in [2.45, 2.75) is 59.4 Å². The molecule has 4 rings (SSSR count). The third-order valence-corrected chi connectivity index (χ3v) is 7.30. The Hall–Kier alpha value is -3.45. The molecule has 1 N–H and O–H groups in total. The Morgan fingerprint density at radius 3 is 2.42 bits per heavy atom. The monoisotopic (exact) mass is 504 g/mol. The third-order valence-electron chi connectivity index (χ3n) is 6.22. The molecule has 6 nitrogen and oxygen atoms in total. The average molecular weight is 505 g/mol. The summed E-state index contributed by atoms with van der Waals surface area (Å²) < 4.78 is 5.79. The zero-order valence-corrected chi connectivity index (χ0v) is 22.4. The van der Waals surface area contributed by atoms with Crippen LogP contribution in [0.25, 0.3) is 0 Å². The van der Waals surface area contributed by atoms with Crippen LogP contribution in [0.2, 0.25) is 0 Å². The number of ether oxygens (including phenoxy) is 1. The lowest BCUT2D eigenvalue weighted by atomic mass is 9.85. The number of hydrogen-bond donors (Lipinski definition) is 1. The second kappa shape index (κ2) is 9.90. The number of Topliss-reactive ketones (excluding diaryl/α,β-unsaturated/α-hetero) is 1. The first kappa shape index (κ1) is 25.6. The molecule has 7 heteroatoms. The van der Waals surface area contributed by atoms with Crippen molar-refractivity contribution in [3.8, 4) is 5.75 Å². The van der Waals surface area contributed by atoms with E-state index in [0.29, 0.717) is 28.6 Å². The van der Waals surface area contributed by atoms with Crippen LogP contribution in [0.1, 0.15) is 71.7 Å². The van der Waals surface area contributed by atoms with E-state index < -0.39 is 17.7 Å². The number of ketones is 1. The van der Waals surface area contributed by atoms with E-state index in [1.54, 1.807) is 25.1 Å². The maximum absolute atomic E-state index is 13.8. The highest BCUT2D eigenvalue weighted by Gasteiger charge is 2.45. The first-order valence-electron chi connectivity index (χ1n) is 12.1. The van der Waals surface area contributed by atoms with Gasteiger partial charge in [-0.15, -0.1) is 11.3 Å². The maximum Gasteiger partial charge on any atom is 0.294 e. The van der Waals surface area contributed by atoms with Crippen LogP contribution < -0.4 is 9.64 Å². The Morgan fingerprint density at radius 2 is 1.83 bits per heavy atom. The van der Waals surface area contributed by atoms with Crippen molar-refractivity contribution in [2.24, 2.45) is 0 Å². The quantitative estimate of drug-likeness (QED) is 0.365. The fourth-order valence-corrected chi connectivity index (χ4v) is 5.27. The molecule has 1 unspecified atom stereocenters. The van der Waals surface area contributed by atoms with Crippen molar-refractivity contribution >= 4 is 28.7 Å². The molecular formula is C29H32N2O4S. The number of anilines is 1. The number of carbonyl (C=O) groups is 2. The molecule has 188 valence electrons. The van der Waals surface area contributed by atoms with Crippen molar-refractivity contribution in [2.75, 3.05) is 11.5 Å². The van der Waals surface area contributed by atoms with E-state index in [1.165, 1.54) is 16.2 Å². The van der Waals surface area contributed by atoms with Crippen molar-refractivity contribution in [3.05, 3.63) is 86.6 Å². The number of aliphatic hydroxyl groups is 1. The molecule has 1 aliphatic rings. The molecule has 1 atom stereocenters. The molecule has 2 heterocycles. The molecule has 0 saturated heterocycles. The summed E-state index contributed by atoms with van der Waals surface area (Å²) in [5, 5.41) is 11.8. The fourth-order valence-electron chi connectivity index (χ4n) is 4.39. The van der Waals surface area contributed by atoms with E-state index in [1.807, 2.05) is 44.2 Å². The van der Waals surface area contributed by atoms with Crippen molar-refractivity contribution < 1.29 is 19.4 Å². The van der Waals surface area contributed by atoms with Crippen molar-refractivity contribution in [1.82, 2.24) is 4.98 Å². The van der Waals surface area contributed by atoms with Gasteiger partial charge in [-0.25, -0.2) is 4.98 Å². The maximum atomic E-state index is 13.8. The molecule has 0 spiro atoms. The Balaban J connectivity index is 1.85. The summed E-state index contributed by atoms with van der Waals surface area (Å²) in [5.74, 6) is -0.906. The van der Waals surface area contributed by atoms with E-state index >= 15 is 0 Å². The first-order valence-corrected chi connectivity index (χ1v) is 12.9. The minimum atomic E-state index is -0.790. The Morgan fingerprint density at radius 1 is 1.14 bits per heavy atom. The molecule has 0 radical (unpaired) electrons. The SMILES string of the molecule is CCCOc1cccc(N2C(=O)C(O)=C(C(=O)c3sc(C)nc3C)C2c2ccc(C(C)(C)C)cc2)c1. The van der Waals surface area contributed by atoms with Crippen LogP contribution in [-0.4, -0.2) is 28.4 Å². The van der Waals surface area contributed by atoms with Gasteiger partial charge in [-0.3, -0.25) is 14.5 Å². The lowest BCUT2D eigenvalue weighted by molar-refractivity contribution is -0.117. The second-order valence-electron chi connectivity index (χ2n) is 10.0. The van der Waals surface area contributed by atoms with Gasteiger partial charge in [0.25, 0.3) is 5.91 Å². The van der Waals surface area contributed by atoms with Crippen molar-refractivity contribution in [3.63, 3.8) is 0 Å². The van der Waals surface area contributed by atoms with Crippen LogP contribution in [0.4, 0.5) is 5.69 Å². The van der Waals surface area contributed by atoms with E-state index in [4.69, 9.17) is 4.74 Å². The van der Waals surface area contributed by atoms with E-state index in [-0.39, 0.29) is 16.8 Å². The van der Waals surface area contributed by atoms with Gasteiger partial charge in [0.05, 0.1) is 33.8 Å². The Kier molecular flexibility index (Phi) is 7.05. The number of rotatable bonds is 7. The highest BCUT2D eigenvalue weighted by Crippen LogP contribution is 2.43. The number of aliphatic hydroxyl groups excluding tert-OH is 1. The second-order valence-corrected chi connectivity index (χ2v) is 11.2. The molecule has 1 aromatic heterocycles. The molecule has 1 aliphatic heterocycles. The standard InChI is InChI=1S/C29H32N2O4S/c1-7-15-35-22-10-8-9-21(16-22)31-24(19-11-13-20(14-12-19)29(4,5)6)23(26(33)28(31)34)25(32)27-17(2)30-18(3)36-27/h8-14,16,24,33H,7,15H2,1-6H3. The lowest BCUT2D eigenvalue weighted by Crippen LogP contribution is -2.31. The third kappa shape index (κ3) is 4.80. The zero-order chi connectivity index (χ0) is 26.2. The van der Waals surface area contributed by atoms with E-state index in [9.17, 15) is 14.7 Å². The summed E-state index contributed by atoms with van der Waals surface area (Å²) >= 11 is 1.27. The molecule has 0 aliphatic carbocycles. The summed E-state index contributed by atoms with van der Waals surface area (Å²) in [6.07, 6.45) is 0.851. The van der Waals surface area contributed by atoms with E-state index in [2.05, 4.69) is 25.8 Å². The van der Waals surface area contributed by atoms with Gasteiger partial charge in [-0.1, -0.05) is 58.0 Å². The summed E-state index contributed by atoms with van der Waals surface area (Å²) in [7, 11) is 0. The Labute approximate surface area is 216 Å². The highest BCUT2D eigenvalue weighted by atomic mass is 32.1. The predicted octanol–water partition coefficient (Wildman–Crippen LogP) is 6.63. The average Bonchev–Trinajstić information content (AvgIpc) is 3.32. The summed E-state index contributed by atoms with van der Waals surface area (Å²) in [5.41, 5.74) is 3.02. The number of carbonyl (C=O) groups excluding carboxylic acids is 2. The molecule has 0 saturated carbocycles. The number of hydrogen-bond acceptors (Lipinski definition) is 6. The van der Waals surface area contributed by atoms with Crippen LogP contribution in [-0.2, 0) is 10.2 Å². The normalized spacial score (nSPS) is 16.1. The van der Waals surface area contributed by atoms with Gasteiger partial charge in [-0.2, -0.15) is 0 Å². The number of aromatic nitrogens is 1. The van der Waals surface area contributed by atoms with Crippen molar-refractivity contribution in [1.29, 1.82) is 0 Å². The van der Waals surface area contributed by atoms with Gasteiger partial charge in [0.1, 0.15) is 5.75 Å². The number of benzene rings is 2. The van der Waals surface area contributed by atoms with E-state index in [0.717, 1.165) is 22.6 Å². The van der Waals surface area contributed by atoms with Gasteiger partial charge >= 0.3 is 0 Å². The van der Waals surface area contributed by atoms with Crippen LogP contribution in [0, 0.1) is 13.8 Å². The topological polar surface area (TPSA) is 79.7 Å². The molecule has 0 bridgehead atoms. The first-order chi connectivity index (χ1) is 17.0. The van der Waals surface area contributed by atoms with Gasteiger partial charge in [0.2, 0.25) is 5.78 Å². The van der Waals surface area contributed by atoms with Crippen LogP contribution in [0.5, 0.6) is 5.75 Å². The highest BCUT2D eigenvalue weighted by molar-refractivity contribution is 7.14.